The SMILES string of the molecule is C=C(CBr)c1ccccc1.C=C(CCl)c1ccccc1. The van der Waals surface area contributed by atoms with E-state index < -0.39 is 0 Å². The molecule has 0 heterocycles. The Bertz CT molecular complexity index is 480. The lowest BCUT2D eigenvalue weighted by molar-refractivity contribution is 1.59. The number of rotatable bonds is 4. The van der Waals surface area contributed by atoms with Gasteiger partial charge in [0.1, 0.15) is 0 Å². The van der Waals surface area contributed by atoms with Crippen LogP contribution in [0.2, 0.25) is 0 Å². The van der Waals surface area contributed by atoms with Gasteiger partial charge in [0.15, 0.2) is 0 Å². The molecule has 0 atom stereocenters. The van der Waals surface area contributed by atoms with Crippen LogP contribution in [0.15, 0.2) is 73.8 Å². The molecule has 0 aliphatic carbocycles. The van der Waals surface area contributed by atoms with Crippen molar-refractivity contribution in [2.45, 2.75) is 0 Å². The Kier molecular flexibility index (Phi) is 8.01. The van der Waals surface area contributed by atoms with Crippen LogP contribution in [0, 0.1) is 0 Å². The molecule has 0 saturated heterocycles. The van der Waals surface area contributed by atoms with Crippen molar-refractivity contribution in [3.05, 3.63) is 84.9 Å². The Morgan fingerprint density at radius 3 is 1.55 bits per heavy atom. The first-order valence-electron chi connectivity index (χ1n) is 6.27. The zero-order valence-electron chi connectivity index (χ0n) is 11.4. The zero-order chi connectivity index (χ0) is 14.8. The molecule has 2 aromatic rings. The molecule has 2 heteroatoms. The third-order valence-corrected chi connectivity index (χ3v) is 3.69. The van der Waals surface area contributed by atoms with E-state index in [9.17, 15) is 0 Å². The molecule has 2 aromatic carbocycles. The minimum atomic E-state index is 0.504. The minimum absolute atomic E-state index is 0.504. The molecule has 0 aliphatic heterocycles. The molecule has 0 aliphatic rings. The van der Waals surface area contributed by atoms with Crippen molar-refractivity contribution in [2.24, 2.45) is 0 Å². The highest BCUT2D eigenvalue weighted by Crippen LogP contribution is 2.13. The lowest BCUT2D eigenvalue weighted by Gasteiger charge is -1.98. The molecule has 104 valence electrons. The van der Waals surface area contributed by atoms with Gasteiger partial charge in [0.25, 0.3) is 0 Å². The molecular formula is C18H18BrCl. The fourth-order valence-corrected chi connectivity index (χ4v) is 1.98. The van der Waals surface area contributed by atoms with Gasteiger partial charge < -0.3 is 0 Å². The zero-order valence-corrected chi connectivity index (χ0v) is 13.7. The summed E-state index contributed by atoms with van der Waals surface area (Å²) in [5.41, 5.74) is 4.43. The summed E-state index contributed by atoms with van der Waals surface area (Å²) < 4.78 is 0. The van der Waals surface area contributed by atoms with Crippen molar-refractivity contribution in [3.63, 3.8) is 0 Å². The normalized spacial score (nSPS) is 9.30. The van der Waals surface area contributed by atoms with E-state index in [4.69, 9.17) is 11.6 Å². The summed E-state index contributed by atoms with van der Waals surface area (Å²) in [5.74, 6) is 0.504. The summed E-state index contributed by atoms with van der Waals surface area (Å²) in [5, 5.41) is 0.844. The van der Waals surface area contributed by atoms with E-state index in [0.29, 0.717) is 5.88 Å². The molecule has 0 saturated carbocycles. The summed E-state index contributed by atoms with van der Waals surface area (Å²) in [4.78, 5) is 0. The Labute approximate surface area is 134 Å². The maximum atomic E-state index is 5.59. The summed E-state index contributed by atoms with van der Waals surface area (Å²) in [6, 6.07) is 20.1. The molecule has 0 amide bonds. The molecule has 0 unspecified atom stereocenters. The van der Waals surface area contributed by atoms with E-state index in [1.54, 1.807) is 0 Å². The van der Waals surface area contributed by atoms with E-state index in [2.05, 4.69) is 41.2 Å². The average Bonchev–Trinajstić information content (AvgIpc) is 2.55. The van der Waals surface area contributed by atoms with Gasteiger partial charge >= 0.3 is 0 Å². The first-order valence-corrected chi connectivity index (χ1v) is 7.93. The van der Waals surface area contributed by atoms with E-state index in [-0.39, 0.29) is 0 Å². The topological polar surface area (TPSA) is 0 Å². The van der Waals surface area contributed by atoms with E-state index in [1.807, 2.05) is 48.5 Å². The highest BCUT2D eigenvalue weighted by Gasteiger charge is 1.93. The molecule has 0 N–H and O–H groups in total. The number of alkyl halides is 2. The number of hydrogen-bond acceptors (Lipinski definition) is 0. The van der Waals surface area contributed by atoms with Crippen LogP contribution < -0.4 is 0 Å². The second-order valence-corrected chi connectivity index (χ2v) is 5.03. The largest absolute Gasteiger partial charge is 0.122 e. The van der Waals surface area contributed by atoms with Gasteiger partial charge in [-0.25, -0.2) is 0 Å². The van der Waals surface area contributed by atoms with E-state index in [0.717, 1.165) is 22.0 Å². The summed E-state index contributed by atoms with van der Waals surface area (Å²) in [7, 11) is 0. The quantitative estimate of drug-likeness (QED) is 0.591. The standard InChI is InChI=1S/C9H9Br.C9H9Cl/c2*1-8(7-10)9-5-3-2-4-6-9/h2*2-6H,1,7H2. The lowest BCUT2D eigenvalue weighted by Crippen LogP contribution is -1.80. The smallest absolute Gasteiger partial charge is 0.0474 e. The highest BCUT2D eigenvalue weighted by atomic mass is 79.9. The predicted molar refractivity (Wildman–Crippen MR) is 95.5 cm³/mol. The summed E-state index contributed by atoms with van der Waals surface area (Å²) in [6.45, 7) is 7.71. The van der Waals surface area contributed by atoms with Gasteiger partial charge in [0.05, 0.1) is 0 Å². The van der Waals surface area contributed by atoms with E-state index >= 15 is 0 Å². The minimum Gasteiger partial charge on any atom is -0.122 e. The van der Waals surface area contributed by atoms with Crippen molar-refractivity contribution in [3.8, 4) is 0 Å². The van der Waals surface area contributed by atoms with Gasteiger partial charge in [-0.1, -0.05) is 89.8 Å². The van der Waals surface area contributed by atoms with Gasteiger partial charge in [0, 0.05) is 11.2 Å². The van der Waals surface area contributed by atoms with Crippen LogP contribution in [0.1, 0.15) is 11.1 Å². The summed E-state index contributed by atoms with van der Waals surface area (Å²) in [6.07, 6.45) is 0. The van der Waals surface area contributed by atoms with Gasteiger partial charge in [-0.3, -0.25) is 0 Å². The molecule has 20 heavy (non-hydrogen) atoms. The van der Waals surface area contributed by atoms with Gasteiger partial charge in [-0.15, -0.1) is 11.6 Å². The van der Waals surface area contributed by atoms with Crippen molar-refractivity contribution >= 4 is 38.7 Å². The Balaban J connectivity index is 0.000000200. The van der Waals surface area contributed by atoms with Crippen LogP contribution in [0.5, 0.6) is 0 Å². The van der Waals surface area contributed by atoms with Crippen LogP contribution in [0.3, 0.4) is 0 Å². The molecule has 0 nitrogen and oxygen atoms in total. The molecule has 0 bridgehead atoms. The number of hydrogen-bond donors (Lipinski definition) is 0. The third-order valence-electron chi connectivity index (χ3n) is 2.69. The first kappa shape index (κ1) is 16.7. The van der Waals surface area contributed by atoms with Crippen LogP contribution in [-0.4, -0.2) is 11.2 Å². The molecule has 0 fully saturated rings. The maximum Gasteiger partial charge on any atom is 0.0474 e. The Hall–Kier alpha value is -1.31. The monoisotopic (exact) mass is 348 g/mol. The van der Waals surface area contributed by atoms with Crippen LogP contribution in [0.25, 0.3) is 11.1 Å². The Morgan fingerprint density at radius 2 is 1.20 bits per heavy atom. The second-order valence-electron chi connectivity index (χ2n) is 4.21. The molecular weight excluding hydrogens is 332 g/mol. The van der Waals surface area contributed by atoms with Crippen LogP contribution >= 0.6 is 27.5 Å². The van der Waals surface area contributed by atoms with Gasteiger partial charge in [-0.05, 0) is 22.3 Å². The van der Waals surface area contributed by atoms with Crippen molar-refractivity contribution in [1.29, 1.82) is 0 Å². The van der Waals surface area contributed by atoms with Gasteiger partial charge in [-0.2, -0.15) is 0 Å². The maximum absolute atomic E-state index is 5.59. The molecule has 0 spiro atoms. The highest BCUT2D eigenvalue weighted by molar-refractivity contribution is 9.09. The molecule has 0 radical (unpaired) electrons. The predicted octanol–water partition coefficient (Wildman–Crippen LogP) is 6.03. The fourth-order valence-electron chi connectivity index (χ4n) is 1.50. The summed E-state index contributed by atoms with van der Waals surface area (Å²) >= 11 is 8.94. The third kappa shape index (κ3) is 5.77. The van der Waals surface area contributed by atoms with Crippen molar-refractivity contribution in [2.75, 3.05) is 11.2 Å². The average molecular weight is 350 g/mol. The molecule has 2 rings (SSSR count). The van der Waals surface area contributed by atoms with Gasteiger partial charge in [0.2, 0.25) is 0 Å². The van der Waals surface area contributed by atoms with E-state index in [1.165, 1.54) is 5.56 Å². The first-order chi connectivity index (χ1) is 9.69. The van der Waals surface area contributed by atoms with Crippen molar-refractivity contribution in [1.82, 2.24) is 0 Å². The second kappa shape index (κ2) is 9.57. The Morgan fingerprint density at radius 1 is 0.800 bits per heavy atom. The van der Waals surface area contributed by atoms with Crippen LogP contribution in [0.4, 0.5) is 0 Å². The molecule has 0 aromatic heterocycles. The lowest BCUT2D eigenvalue weighted by atomic mass is 10.1. The number of allylic oxidation sites excluding steroid dienone is 2. The van der Waals surface area contributed by atoms with Crippen LogP contribution in [-0.2, 0) is 0 Å². The van der Waals surface area contributed by atoms with Crippen molar-refractivity contribution < 1.29 is 0 Å². The number of benzene rings is 2. The number of halogens is 2. The fraction of sp³-hybridized carbons (Fsp3) is 0.111.